The standard InChI is InChI=1S/C14H16I3N3O3/c1-6(21)19(4)12-9(15)8(14(23)18-3)10(16)13(11(12)17)20(5)7(2)22/h1-5H3,(H,18,23). The van der Waals surface area contributed by atoms with Crippen molar-refractivity contribution in [2.75, 3.05) is 30.9 Å². The summed E-state index contributed by atoms with van der Waals surface area (Å²) >= 11 is 6.25. The van der Waals surface area contributed by atoms with Crippen LogP contribution in [0.2, 0.25) is 0 Å². The van der Waals surface area contributed by atoms with Crippen LogP contribution in [-0.2, 0) is 9.59 Å². The SMILES string of the molecule is CNC(=O)c1c(I)c(N(C)C(C)=O)c(I)c(N(C)C(C)=O)c1I. The van der Waals surface area contributed by atoms with Gasteiger partial charge in [0, 0.05) is 35.0 Å². The number of anilines is 2. The van der Waals surface area contributed by atoms with Crippen molar-refractivity contribution >= 4 is 96.9 Å². The predicted molar refractivity (Wildman–Crippen MR) is 116 cm³/mol. The first-order valence-electron chi connectivity index (χ1n) is 6.47. The maximum atomic E-state index is 12.3. The molecule has 1 aromatic carbocycles. The summed E-state index contributed by atoms with van der Waals surface area (Å²) in [7, 11) is 4.86. The van der Waals surface area contributed by atoms with Gasteiger partial charge < -0.3 is 15.1 Å². The summed E-state index contributed by atoms with van der Waals surface area (Å²) in [5.41, 5.74) is 1.71. The van der Waals surface area contributed by atoms with E-state index in [1.807, 2.05) is 0 Å². The minimum absolute atomic E-state index is 0.152. The number of hydrogen-bond acceptors (Lipinski definition) is 3. The third-order valence-electron chi connectivity index (χ3n) is 3.34. The van der Waals surface area contributed by atoms with Gasteiger partial charge in [0.05, 0.1) is 27.6 Å². The van der Waals surface area contributed by atoms with E-state index in [2.05, 4.69) is 73.1 Å². The van der Waals surface area contributed by atoms with Crippen molar-refractivity contribution in [3.63, 3.8) is 0 Å². The van der Waals surface area contributed by atoms with Gasteiger partial charge in [0.2, 0.25) is 11.8 Å². The molecule has 0 saturated heterocycles. The molecule has 0 aliphatic rings. The van der Waals surface area contributed by atoms with Crippen LogP contribution in [0.25, 0.3) is 0 Å². The van der Waals surface area contributed by atoms with Gasteiger partial charge in [-0.05, 0) is 67.8 Å². The van der Waals surface area contributed by atoms with E-state index in [1.165, 1.54) is 23.6 Å². The third-order valence-corrected chi connectivity index (χ3v) is 6.46. The average Bonchev–Trinajstić information content (AvgIpc) is 2.46. The Morgan fingerprint density at radius 2 is 1.17 bits per heavy atom. The Bertz CT molecular complexity index is 645. The van der Waals surface area contributed by atoms with E-state index < -0.39 is 0 Å². The van der Waals surface area contributed by atoms with Gasteiger partial charge in [-0.25, -0.2) is 0 Å². The first kappa shape index (κ1) is 20.9. The first-order valence-corrected chi connectivity index (χ1v) is 9.70. The lowest BCUT2D eigenvalue weighted by Crippen LogP contribution is -2.31. The first-order chi connectivity index (χ1) is 10.6. The zero-order valence-electron chi connectivity index (χ0n) is 13.3. The predicted octanol–water partition coefficient (Wildman–Crippen LogP) is 2.83. The van der Waals surface area contributed by atoms with Crippen LogP contribution in [0.3, 0.4) is 0 Å². The monoisotopic (exact) mass is 655 g/mol. The van der Waals surface area contributed by atoms with Gasteiger partial charge in [-0.2, -0.15) is 0 Å². The van der Waals surface area contributed by atoms with Crippen molar-refractivity contribution in [3.05, 3.63) is 16.3 Å². The lowest BCUT2D eigenvalue weighted by Gasteiger charge is -2.27. The normalized spacial score (nSPS) is 10.3. The van der Waals surface area contributed by atoms with Gasteiger partial charge in [-0.3, -0.25) is 14.4 Å². The van der Waals surface area contributed by atoms with Gasteiger partial charge >= 0.3 is 0 Å². The van der Waals surface area contributed by atoms with Crippen molar-refractivity contribution in [2.45, 2.75) is 13.8 Å². The Labute approximate surface area is 176 Å². The lowest BCUT2D eigenvalue weighted by atomic mass is 10.1. The molecule has 6 nitrogen and oxygen atoms in total. The fourth-order valence-electron chi connectivity index (χ4n) is 1.87. The number of halogens is 3. The summed E-state index contributed by atoms with van der Waals surface area (Å²) in [4.78, 5) is 39.0. The maximum absolute atomic E-state index is 12.3. The van der Waals surface area contributed by atoms with Crippen LogP contribution in [-0.4, -0.2) is 38.9 Å². The number of hydrogen-bond donors (Lipinski definition) is 1. The molecule has 9 heteroatoms. The van der Waals surface area contributed by atoms with Crippen molar-refractivity contribution in [1.29, 1.82) is 0 Å². The number of rotatable bonds is 3. The maximum Gasteiger partial charge on any atom is 0.253 e. The molecule has 1 rings (SSSR count). The van der Waals surface area contributed by atoms with Crippen LogP contribution in [0.4, 0.5) is 11.4 Å². The molecule has 0 unspecified atom stereocenters. The van der Waals surface area contributed by atoms with Gasteiger partial charge in [-0.15, -0.1) is 0 Å². The van der Waals surface area contributed by atoms with Gasteiger partial charge in [-0.1, -0.05) is 0 Å². The van der Waals surface area contributed by atoms with Crippen LogP contribution in [0.5, 0.6) is 0 Å². The highest BCUT2D eigenvalue weighted by Crippen LogP contribution is 2.41. The number of carbonyl (C=O) groups is 3. The molecule has 0 radical (unpaired) electrons. The van der Waals surface area contributed by atoms with Crippen LogP contribution in [0.15, 0.2) is 0 Å². The quantitative estimate of drug-likeness (QED) is 0.510. The molecule has 0 heterocycles. The molecular formula is C14H16I3N3O3. The van der Waals surface area contributed by atoms with E-state index in [1.54, 1.807) is 21.1 Å². The van der Waals surface area contributed by atoms with E-state index in [0.29, 0.717) is 24.1 Å². The molecule has 0 spiro atoms. The van der Waals surface area contributed by atoms with Crippen LogP contribution >= 0.6 is 67.8 Å². The molecule has 126 valence electrons. The van der Waals surface area contributed by atoms with Gasteiger partial charge in [0.15, 0.2) is 0 Å². The van der Waals surface area contributed by atoms with E-state index in [4.69, 9.17) is 0 Å². The highest BCUT2D eigenvalue weighted by Gasteiger charge is 2.29. The second kappa shape index (κ2) is 8.27. The molecule has 0 aliphatic heterocycles. The molecule has 0 saturated carbocycles. The molecule has 3 amide bonds. The van der Waals surface area contributed by atoms with Crippen molar-refractivity contribution in [2.24, 2.45) is 0 Å². The van der Waals surface area contributed by atoms with E-state index in [9.17, 15) is 14.4 Å². The third kappa shape index (κ3) is 4.08. The molecule has 23 heavy (non-hydrogen) atoms. The molecule has 1 N–H and O–H groups in total. The van der Waals surface area contributed by atoms with Crippen molar-refractivity contribution in [3.8, 4) is 0 Å². The number of nitrogens with one attached hydrogen (secondary N) is 1. The fraction of sp³-hybridized carbons (Fsp3) is 0.357. The largest absolute Gasteiger partial charge is 0.355 e. The number of benzene rings is 1. The number of amides is 3. The van der Waals surface area contributed by atoms with Gasteiger partial charge in [0.25, 0.3) is 5.91 Å². The summed E-state index contributed by atoms with van der Waals surface area (Å²) in [5.74, 6) is -0.561. The van der Waals surface area contributed by atoms with Crippen LogP contribution < -0.4 is 15.1 Å². The second-order valence-electron chi connectivity index (χ2n) is 4.75. The van der Waals surface area contributed by atoms with Crippen LogP contribution in [0, 0.1) is 10.7 Å². The minimum Gasteiger partial charge on any atom is -0.355 e. The van der Waals surface area contributed by atoms with Crippen molar-refractivity contribution < 1.29 is 14.4 Å². The summed E-state index contributed by atoms with van der Waals surface area (Å²) in [6, 6.07) is 0. The van der Waals surface area contributed by atoms with E-state index in [0.717, 1.165) is 3.57 Å². The summed E-state index contributed by atoms with van der Waals surface area (Å²) in [6.45, 7) is 2.91. The molecular weight excluding hydrogens is 639 g/mol. The second-order valence-corrected chi connectivity index (χ2v) is 7.99. The molecule has 0 aliphatic carbocycles. The molecule has 0 fully saturated rings. The Hall–Kier alpha value is -0.180. The fourth-order valence-corrected chi connectivity index (χ4v) is 6.97. The van der Waals surface area contributed by atoms with Gasteiger partial charge in [0.1, 0.15) is 0 Å². The number of nitrogens with zero attached hydrogens (tertiary/aromatic N) is 2. The average molecular weight is 655 g/mol. The van der Waals surface area contributed by atoms with Crippen LogP contribution in [0.1, 0.15) is 24.2 Å². The highest BCUT2D eigenvalue weighted by molar-refractivity contribution is 14.1. The molecule has 0 aromatic heterocycles. The number of carbonyl (C=O) groups excluding carboxylic acids is 3. The summed E-state index contributed by atoms with van der Waals surface area (Å²) in [5, 5.41) is 2.62. The minimum atomic E-state index is -0.258. The Kier molecular flexibility index (Phi) is 7.50. The molecule has 0 bridgehead atoms. The topological polar surface area (TPSA) is 69.7 Å². The Morgan fingerprint density at radius 3 is 1.43 bits per heavy atom. The smallest absolute Gasteiger partial charge is 0.253 e. The lowest BCUT2D eigenvalue weighted by molar-refractivity contribution is -0.117. The van der Waals surface area contributed by atoms with E-state index >= 15 is 0 Å². The summed E-state index contributed by atoms with van der Waals surface area (Å²) < 4.78 is 2.10. The zero-order valence-corrected chi connectivity index (χ0v) is 19.7. The zero-order chi connectivity index (χ0) is 18.1. The van der Waals surface area contributed by atoms with E-state index in [-0.39, 0.29) is 17.7 Å². The van der Waals surface area contributed by atoms with Crippen molar-refractivity contribution in [1.82, 2.24) is 5.32 Å². The Balaban J connectivity index is 3.92. The molecule has 0 atom stereocenters. The highest BCUT2D eigenvalue weighted by atomic mass is 127. The Morgan fingerprint density at radius 1 is 0.826 bits per heavy atom. The summed E-state index contributed by atoms with van der Waals surface area (Å²) in [6.07, 6.45) is 0. The molecule has 1 aromatic rings.